The van der Waals surface area contributed by atoms with Crippen LogP contribution in [0.15, 0.2) is 0 Å². The van der Waals surface area contributed by atoms with Gasteiger partial charge in [0.2, 0.25) is 0 Å². The van der Waals surface area contributed by atoms with Gasteiger partial charge in [-0.05, 0) is 50.3 Å². The zero-order valence-corrected chi connectivity index (χ0v) is 20.5. The molecule has 0 unspecified atom stereocenters. The Balaban J connectivity index is 4.92. The van der Waals surface area contributed by atoms with Gasteiger partial charge in [0.1, 0.15) is 0 Å². The molecule has 0 aliphatic heterocycles. The Labute approximate surface area is 164 Å². The van der Waals surface area contributed by atoms with Crippen LogP contribution in [0.4, 0.5) is 0 Å². The van der Waals surface area contributed by atoms with Gasteiger partial charge in [0.15, 0.2) is 0 Å². The second kappa shape index (κ2) is 17.0. The van der Waals surface area contributed by atoms with Crippen LogP contribution in [-0.4, -0.2) is 29.5 Å². The molecular weight excluding hydrogens is 338 g/mol. The maximum Gasteiger partial charge on any atom is 0.00497 e. The standard InChI is InChI=1S/C23H50P2/c1-7-11-15-19-24(20-16-12-8-2)23(5,6)25(21-17-13-9-3)22-18-14-10-4/h7-22H2,1-6H3. The molecule has 2 heteroatoms. The van der Waals surface area contributed by atoms with Crippen LogP contribution in [0.3, 0.4) is 0 Å². The Morgan fingerprint density at radius 3 is 0.880 bits per heavy atom. The minimum Gasteiger partial charge on any atom is -0.0965 e. The first kappa shape index (κ1) is 25.9. The molecule has 0 N–H and O–H groups in total. The quantitative estimate of drug-likeness (QED) is 0.162. The van der Waals surface area contributed by atoms with Crippen molar-refractivity contribution in [2.45, 2.75) is 123 Å². The van der Waals surface area contributed by atoms with Crippen molar-refractivity contribution in [1.82, 2.24) is 0 Å². The van der Waals surface area contributed by atoms with Crippen LogP contribution in [0.1, 0.15) is 119 Å². The molecule has 0 spiro atoms. The van der Waals surface area contributed by atoms with Crippen molar-refractivity contribution in [3.63, 3.8) is 0 Å². The molecule has 0 rings (SSSR count). The molecule has 0 saturated heterocycles. The summed E-state index contributed by atoms with van der Waals surface area (Å²) < 4.78 is 0. The Kier molecular flexibility index (Phi) is 17.6. The van der Waals surface area contributed by atoms with E-state index in [9.17, 15) is 0 Å². The van der Waals surface area contributed by atoms with E-state index in [-0.39, 0.29) is 15.8 Å². The van der Waals surface area contributed by atoms with Gasteiger partial charge < -0.3 is 0 Å². The highest BCUT2D eigenvalue weighted by Crippen LogP contribution is 2.67. The summed E-state index contributed by atoms with van der Waals surface area (Å²) in [6, 6.07) is 0. The molecule has 0 fully saturated rings. The minimum absolute atomic E-state index is 0.221. The lowest BCUT2D eigenvalue weighted by atomic mass is 10.3. The number of unbranched alkanes of at least 4 members (excludes halogenated alkanes) is 8. The Morgan fingerprint density at radius 1 is 0.440 bits per heavy atom. The number of rotatable bonds is 18. The van der Waals surface area contributed by atoms with Gasteiger partial charge in [-0.3, -0.25) is 0 Å². The Hall–Kier alpha value is 0.860. The predicted octanol–water partition coefficient (Wildman–Crippen LogP) is 9.45. The normalized spacial score (nSPS) is 12.5. The fourth-order valence-corrected chi connectivity index (χ4v) is 11.6. The average Bonchev–Trinajstić information content (AvgIpc) is 2.59. The van der Waals surface area contributed by atoms with Crippen LogP contribution in [0.5, 0.6) is 0 Å². The second-order valence-corrected chi connectivity index (χ2v) is 14.8. The first-order valence-corrected chi connectivity index (χ1v) is 15.0. The highest BCUT2D eigenvalue weighted by molar-refractivity contribution is 7.77. The minimum atomic E-state index is 0.221. The predicted molar refractivity (Wildman–Crippen MR) is 125 cm³/mol. The van der Waals surface area contributed by atoms with E-state index < -0.39 is 0 Å². The molecule has 0 aromatic rings. The van der Waals surface area contributed by atoms with Crippen LogP contribution in [0.2, 0.25) is 0 Å². The van der Waals surface area contributed by atoms with Crippen LogP contribution >= 0.6 is 15.8 Å². The summed E-state index contributed by atoms with van der Waals surface area (Å²) in [6.45, 7) is 14.8. The van der Waals surface area contributed by atoms with E-state index in [1.807, 2.05) is 0 Å². The van der Waals surface area contributed by atoms with Crippen LogP contribution in [0, 0.1) is 0 Å². The van der Waals surface area contributed by atoms with Crippen LogP contribution in [0.25, 0.3) is 0 Å². The summed E-state index contributed by atoms with van der Waals surface area (Å²) >= 11 is 0. The topological polar surface area (TPSA) is 0 Å². The van der Waals surface area contributed by atoms with Gasteiger partial charge in [-0.1, -0.05) is 109 Å². The highest BCUT2D eigenvalue weighted by atomic mass is 31.2. The van der Waals surface area contributed by atoms with E-state index in [1.54, 1.807) is 24.6 Å². The largest absolute Gasteiger partial charge is 0.0965 e. The summed E-state index contributed by atoms with van der Waals surface area (Å²) in [5.41, 5.74) is 0. The number of hydrogen-bond acceptors (Lipinski definition) is 0. The van der Waals surface area contributed by atoms with E-state index in [0.29, 0.717) is 4.90 Å². The van der Waals surface area contributed by atoms with Crippen molar-refractivity contribution >= 4 is 15.8 Å². The second-order valence-electron chi connectivity index (χ2n) is 8.30. The summed E-state index contributed by atoms with van der Waals surface area (Å²) in [6.07, 6.45) is 23.5. The molecule has 0 amide bonds. The van der Waals surface area contributed by atoms with Gasteiger partial charge in [0, 0.05) is 4.90 Å². The summed E-state index contributed by atoms with van der Waals surface area (Å²) in [5.74, 6) is 0. The molecule has 0 radical (unpaired) electrons. The van der Waals surface area contributed by atoms with E-state index in [0.717, 1.165) is 0 Å². The molecule has 152 valence electrons. The van der Waals surface area contributed by atoms with Crippen LogP contribution < -0.4 is 0 Å². The lowest BCUT2D eigenvalue weighted by Gasteiger charge is -2.43. The molecule has 0 atom stereocenters. The van der Waals surface area contributed by atoms with Crippen molar-refractivity contribution in [2.75, 3.05) is 24.6 Å². The lowest BCUT2D eigenvalue weighted by molar-refractivity contribution is 0.744. The fraction of sp³-hybridized carbons (Fsp3) is 1.00. The third kappa shape index (κ3) is 12.0. The van der Waals surface area contributed by atoms with Gasteiger partial charge in [-0.2, -0.15) is 0 Å². The zero-order valence-electron chi connectivity index (χ0n) is 18.7. The Morgan fingerprint density at radius 2 is 0.680 bits per heavy atom. The molecule has 25 heavy (non-hydrogen) atoms. The van der Waals surface area contributed by atoms with E-state index in [2.05, 4.69) is 41.5 Å². The highest BCUT2D eigenvalue weighted by Gasteiger charge is 2.35. The number of hydrogen-bond donors (Lipinski definition) is 0. The first-order valence-electron chi connectivity index (χ1n) is 11.5. The van der Waals surface area contributed by atoms with Crippen molar-refractivity contribution in [3.8, 4) is 0 Å². The molecule has 0 aromatic carbocycles. The molecule has 0 heterocycles. The lowest BCUT2D eigenvalue weighted by Crippen LogP contribution is -2.22. The van der Waals surface area contributed by atoms with Crippen molar-refractivity contribution in [3.05, 3.63) is 0 Å². The summed E-state index contributed by atoms with van der Waals surface area (Å²) in [5, 5.41) is 0. The maximum absolute atomic E-state index is 2.69. The van der Waals surface area contributed by atoms with Gasteiger partial charge in [0.25, 0.3) is 0 Å². The van der Waals surface area contributed by atoms with E-state index >= 15 is 0 Å². The first-order chi connectivity index (χ1) is 12.0. The molecule has 0 aliphatic rings. The smallest absolute Gasteiger partial charge is 0.00497 e. The summed E-state index contributed by atoms with van der Waals surface area (Å²) in [7, 11) is 0.441. The zero-order chi connectivity index (χ0) is 19.0. The van der Waals surface area contributed by atoms with Crippen molar-refractivity contribution in [1.29, 1.82) is 0 Å². The monoisotopic (exact) mass is 388 g/mol. The maximum atomic E-state index is 2.69. The molecule has 0 aromatic heterocycles. The molecule has 0 bridgehead atoms. The van der Waals surface area contributed by atoms with Crippen LogP contribution in [-0.2, 0) is 0 Å². The third-order valence-corrected chi connectivity index (χ3v) is 13.9. The SMILES string of the molecule is CCCCCP(CCCCC)C(C)(C)P(CCCCC)CCCCC. The average molecular weight is 389 g/mol. The third-order valence-electron chi connectivity index (χ3n) is 5.67. The molecule has 0 nitrogen and oxygen atoms in total. The Bertz CT molecular complexity index is 229. The molecule has 0 aliphatic carbocycles. The molecular formula is C23H50P2. The van der Waals surface area contributed by atoms with Gasteiger partial charge in [-0.25, -0.2) is 0 Å². The van der Waals surface area contributed by atoms with Crippen molar-refractivity contribution < 1.29 is 0 Å². The fourth-order valence-electron chi connectivity index (χ4n) is 3.73. The van der Waals surface area contributed by atoms with Gasteiger partial charge >= 0.3 is 0 Å². The van der Waals surface area contributed by atoms with E-state index in [1.165, 1.54) is 77.0 Å². The van der Waals surface area contributed by atoms with Crippen molar-refractivity contribution in [2.24, 2.45) is 0 Å². The van der Waals surface area contributed by atoms with E-state index in [4.69, 9.17) is 0 Å². The molecule has 0 saturated carbocycles. The summed E-state index contributed by atoms with van der Waals surface area (Å²) in [4.78, 5) is 0.660. The van der Waals surface area contributed by atoms with Gasteiger partial charge in [-0.15, -0.1) is 0 Å². The van der Waals surface area contributed by atoms with Gasteiger partial charge in [0.05, 0.1) is 0 Å².